The minimum absolute atomic E-state index is 0.214. The summed E-state index contributed by atoms with van der Waals surface area (Å²) in [6.45, 7) is 1.94. The largest absolute Gasteiger partial charge is 0.497 e. The van der Waals surface area contributed by atoms with Crippen molar-refractivity contribution in [3.63, 3.8) is 0 Å². The molecule has 0 saturated carbocycles. The molecule has 1 aliphatic rings. The molecule has 4 aromatic rings. The average Bonchev–Trinajstić information content (AvgIpc) is 3.59. The molecule has 2 heterocycles. The van der Waals surface area contributed by atoms with Crippen LogP contribution in [0.4, 0.5) is 5.00 Å². The third-order valence-corrected chi connectivity index (χ3v) is 7.79. The molecule has 5 rings (SSSR count). The number of thiophene rings is 1. The first-order valence-corrected chi connectivity index (χ1v) is 14.1. The van der Waals surface area contributed by atoms with Crippen molar-refractivity contribution < 1.29 is 23.9 Å². The molecule has 0 unspecified atom stereocenters. The molecule has 2 aromatic heterocycles. The van der Waals surface area contributed by atoms with Crippen molar-refractivity contribution in [3.05, 3.63) is 82.4 Å². The molecule has 0 spiro atoms. The van der Waals surface area contributed by atoms with E-state index >= 15 is 0 Å². The number of aromatic nitrogens is 2. The molecular weight excluding hydrogens is 542 g/mol. The lowest BCUT2D eigenvalue weighted by atomic mass is 9.95. The Hall–Kier alpha value is -4.77. The Morgan fingerprint density at radius 2 is 1.80 bits per heavy atom. The van der Waals surface area contributed by atoms with Crippen LogP contribution in [0.15, 0.2) is 65.9 Å². The number of hydrazone groups is 1. The number of methoxy groups -OCH3 is 1. The number of rotatable bonds is 8. The summed E-state index contributed by atoms with van der Waals surface area (Å²) in [4.78, 5) is 39.1. The van der Waals surface area contributed by atoms with E-state index in [0.29, 0.717) is 27.6 Å². The Labute approximate surface area is 241 Å². The summed E-state index contributed by atoms with van der Waals surface area (Å²) in [7, 11) is 1.60. The molecule has 2 aromatic carbocycles. The molecular formula is C30H29N5O5S. The molecule has 41 heavy (non-hydrogen) atoms. The van der Waals surface area contributed by atoms with E-state index in [0.717, 1.165) is 47.4 Å². The Bertz CT molecular complexity index is 1590. The Morgan fingerprint density at radius 3 is 2.54 bits per heavy atom. The van der Waals surface area contributed by atoms with E-state index in [2.05, 4.69) is 15.8 Å². The van der Waals surface area contributed by atoms with Crippen LogP contribution in [0.25, 0.3) is 16.9 Å². The van der Waals surface area contributed by atoms with Gasteiger partial charge in [-0.1, -0.05) is 18.2 Å². The lowest BCUT2D eigenvalue weighted by molar-refractivity contribution is -0.136. The minimum atomic E-state index is -0.969. The lowest BCUT2D eigenvalue weighted by Gasteiger charge is -2.12. The van der Waals surface area contributed by atoms with E-state index in [1.54, 1.807) is 24.9 Å². The molecule has 10 nitrogen and oxygen atoms in total. The topological polar surface area (TPSA) is 124 Å². The molecule has 2 N–H and O–H groups in total. The normalized spacial score (nSPS) is 12.5. The van der Waals surface area contributed by atoms with Crippen molar-refractivity contribution >= 4 is 40.3 Å². The van der Waals surface area contributed by atoms with Crippen LogP contribution in [0, 0.1) is 0 Å². The number of esters is 1. The van der Waals surface area contributed by atoms with Gasteiger partial charge in [-0.15, -0.1) is 11.3 Å². The predicted octanol–water partition coefficient (Wildman–Crippen LogP) is 4.75. The first-order valence-electron chi connectivity index (χ1n) is 13.2. The highest BCUT2D eigenvalue weighted by atomic mass is 32.1. The SMILES string of the molecule is CCOC(=O)c1c(NC(=O)C(=O)N/N=C\c2cn(-c3ccccc3)nc2-c2ccc(OC)cc2)sc2c1CCCC2. The molecule has 210 valence electrons. The molecule has 2 amide bonds. The number of hydrogen-bond donors (Lipinski definition) is 2. The number of nitrogens with one attached hydrogen (secondary N) is 2. The molecule has 0 aliphatic heterocycles. The van der Waals surface area contributed by atoms with Crippen LogP contribution in [-0.2, 0) is 27.2 Å². The van der Waals surface area contributed by atoms with Gasteiger partial charge in [0.05, 0.1) is 31.2 Å². The average molecular weight is 572 g/mol. The zero-order valence-corrected chi connectivity index (χ0v) is 23.5. The van der Waals surface area contributed by atoms with Gasteiger partial charge in [0.15, 0.2) is 0 Å². The van der Waals surface area contributed by atoms with Gasteiger partial charge < -0.3 is 14.8 Å². The van der Waals surface area contributed by atoms with E-state index in [4.69, 9.17) is 14.6 Å². The number of carbonyl (C=O) groups excluding carboxylic acids is 3. The standard InChI is InChI=1S/C30H29N5O5S/c1-3-40-30(38)25-23-11-7-8-12-24(23)41-29(25)32-27(36)28(37)33-31-17-20-18-35(21-9-5-4-6-10-21)34-26(20)19-13-15-22(39-2)16-14-19/h4-6,9-10,13-18H,3,7-8,11-12H2,1-2H3,(H,32,36)(H,33,37)/b31-17-. The van der Waals surface area contributed by atoms with E-state index < -0.39 is 17.8 Å². The maximum atomic E-state index is 12.8. The fourth-order valence-electron chi connectivity index (χ4n) is 4.61. The number of fused-ring (bicyclic) bond motifs is 1. The zero-order valence-electron chi connectivity index (χ0n) is 22.7. The summed E-state index contributed by atoms with van der Waals surface area (Å²) < 4.78 is 12.2. The molecule has 0 radical (unpaired) electrons. The number of para-hydroxylation sites is 1. The summed E-state index contributed by atoms with van der Waals surface area (Å²) in [6.07, 6.45) is 6.75. The fraction of sp³-hybridized carbons (Fsp3) is 0.233. The van der Waals surface area contributed by atoms with Crippen molar-refractivity contribution in [1.82, 2.24) is 15.2 Å². The number of amides is 2. The van der Waals surface area contributed by atoms with Gasteiger partial charge in [-0.25, -0.2) is 14.9 Å². The summed E-state index contributed by atoms with van der Waals surface area (Å²) >= 11 is 1.31. The Balaban J connectivity index is 1.34. The van der Waals surface area contributed by atoms with Gasteiger partial charge in [0, 0.05) is 22.2 Å². The van der Waals surface area contributed by atoms with Crippen LogP contribution in [0.5, 0.6) is 5.75 Å². The Kier molecular flexibility index (Phi) is 8.54. The van der Waals surface area contributed by atoms with E-state index in [1.165, 1.54) is 17.6 Å². The third kappa shape index (κ3) is 6.20. The molecule has 0 atom stereocenters. The van der Waals surface area contributed by atoms with Gasteiger partial charge in [0.25, 0.3) is 0 Å². The van der Waals surface area contributed by atoms with Crippen LogP contribution in [-0.4, -0.2) is 47.5 Å². The number of ether oxygens (including phenoxy) is 2. The second kappa shape index (κ2) is 12.6. The minimum Gasteiger partial charge on any atom is -0.497 e. The van der Waals surface area contributed by atoms with Crippen LogP contribution < -0.4 is 15.5 Å². The summed E-state index contributed by atoms with van der Waals surface area (Å²) in [6, 6.07) is 17.0. The van der Waals surface area contributed by atoms with E-state index in [9.17, 15) is 14.4 Å². The van der Waals surface area contributed by atoms with Crippen LogP contribution in [0.3, 0.4) is 0 Å². The zero-order chi connectivity index (χ0) is 28.8. The van der Waals surface area contributed by atoms with Crippen LogP contribution in [0.2, 0.25) is 0 Å². The first-order chi connectivity index (χ1) is 20.0. The van der Waals surface area contributed by atoms with Crippen molar-refractivity contribution in [1.29, 1.82) is 0 Å². The molecule has 0 fully saturated rings. The highest BCUT2D eigenvalue weighted by Gasteiger charge is 2.28. The second-order valence-corrected chi connectivity index (χ2v) is 10.3. The smallest absolute Gasteiger partial charge is 0.341 e. The van der Waals surface area contributed by atoms with Gasteiger partial charge in [-0.3, -0.25) is 9.59 Å². The van der Waals surface area contributed by atoms with Crippen LogP contribution in [0.1, 0.15) is 46.1 Å². The highest BCUT2D eigenvalue weighted by molar-refractivity contribution is 7.17. The molecule has 11 heteroatoms. The van der Waals surface area contributed by atoms with Gasteiger partial charge in [0.1, 0.15) is 16.4 Å². The quantitative estimate of drug-likeness (QED) is 0.136. The van der Waals surface area contributed by atoms with E-state index in [1.807, 2.05) is 54.6 Å². The first kappa shape index (κ1) is 27.8. The van der Waals surface area contributed by atoms with Crippen molar-refractivity contribution in [2.45, 2.75) is 32.6 Å². The number of carbonyl (C=O) groups is 3. The van der Waals surface area contributed by atoms with Crippen molar-refractivity contribution in [2.24, 2.45) is 5.10 Å². The maximum Gasteiger partial charge on any atom is 0.341 e. The number of anilines is 1. The summed E-state index contributed by atoms with van der Waals surface area (Å²) in [5, 5.41) is 11.7. The Morgan fingerprint density at radius 1 is 1.05 bits per heavy atom. The van der Waals surface area contributed by atoms with E-state index in [-0.39, 0.29) is 6.61 Å². The number of benzene rings is 2. The number of aryl methyl sites for hydroxylation is 1. The predicted molar refractivity (Wildman–Crippen MR) is 157 cm³/mol. The van der Waals surface area contributed by atoms with Crippen LogP contribution >= 0.6 is 11.3 Å². The van der Waals surface area contributed by atoms with Crippen molar-refractivity contribution in [2.75, 3.05) is 19.0 Å². The van der Waals surface area contributed by atoms with Crippen molar-refractivity contribution in [3.8, 4) is 22.7 Å². The lowest BCUT2D eigenvalue weighted by Crippen LogP contribution is -2.32. The summed E-state index contributed by atoms with van der Waals surface area (Å²) in [5.41, 5.74) is 6.44. The van der Waals surface area contributed by atoms with Gasteiger partial charge in [0.2, 0.25) is 0 Å². The molecule has 0 saturated heterocycles. The number of hydrogen-bond acceptors (Lipinski definition) is 8. The fourth-order valence-corrected chi connectivity index (χ4v) is 5.88. The number of nitrogens with zero attached hydrogens (tertiary/aromatic N) is 3. The molecule has 1 aliphatic carbocycles. The second-order valence-electron chi connectivity index (χ2n) is 9.23. The monoisotopic (exact) mass is 571 g/mol. The third-order valence-electron chi connectivity index (χ3n) is 6.58. The van der Waals surface area contributed by atoms with Gasteiger partial charge in [-0.2, -0.15) is 10.2 Å². The van der Waals surface area contributed by atoms with Gasteiger partial charge >= 0.3 is 17.8 Å². The summed E-state index contributed by atoms with van der Waals surface area (Å²) in [5.74, 6) is -1.69. The molecule has 0 bridgehead atoms. The maximum absolute atomic E-state index is 12.8. The van der Waals surface area contributed by atoms with Gasteiger partial charge in [-0.05, 0) is 74.6 Å². The highest BCUT2D eigenvalue weighted by Crippen LogP contribution is 2.38.